The molecule has 1 saturated carbocycles. The van der Waals surface area contributed by atoms with E-state index in [-0.39, 0.29) is 36.4 Å². The fourth-order valence-corrected chi connectivity index (χ4v) is 4.87. The molecule has 3 atom stereocenters. The lowest BCUT2D eigenvalue weighted by Crippen LogP contribution is -2.49. The molecule has 2 heterocycles. The van der Waals surface area contributed by atoms with Gasteiger partial charge in [0, 0.05) is 17.8 Å². The second-order valence-electron chi connectivity index (χ2n) is 9.63. The largest absolute Gasteiger partial charge is 0.424 e. The van der Waals surface area contributed by atoms with Gasteiger partial charge in [-0.1, -0.05) is 37.6 Å². The predicted molar refractivity (Wildman–Crippen MR) is 139 cm³/mol. The highest BCUT2D eigenvalue weighted by Gasteiger charge is 2.45. The first kappa shape index (κ1) is 27.4. The van der Waals surface area contributed by atoms with Gasteiger partial charge in [-0.05, 0) is 54.9 Å². The molecule has 1 unspecified atom stereocenters. The van der Waals surface area contributed by atoms with Crippen LogP contribution in [-0.2, 0) is 0 Å². The molecule has 38 heavy (non-hydrogen) atoms. The molecular weight excluding hydrogens is 521 g/mol. The number of hydrogen-bond acceptors (Lipinski definition) is 6. The van der Waals surface area contributed by atoms with Crippen molar-refractivity contribution in [2.45, 2.75) is 45.3 Å². The van der Waals surface area contributed by atoms with Crippen molar-refractivity contribution in [3.05, 3.63) is 53.9 Å². The van der Waals surface area contributed by atoms with Gasteiger partial charge in [-0.2, -0.15) is 13.2 Å². The van der Waals surface area contributed by atoms with Gasteiger partial charge in [0.2, 0.25) is 0 Å². The quantitative estimate of drug-likeness (QED) is 0.316. The molecule has 1 fully saturated rings. The number of nitrogens with zero attached hydrogens (tertiary/aromatic N) is 3. The number of pyridine rings is 1. The van der Waals surface area contributed by atoms with E-state index in [1.807, 2.05) is 13.8 Å². The van der Waals surface area contributed by atoms with Crippen LogP contribution in [0.2, 0.25) is 5.02 Å². The van der Waals surface area contributed by atoms with Crippen LogP contribution in [0.4, 0.5) is 29.5 Å². The van der Waals surface area contributed by atoms with Gasteiger partial charge < -0.3 is 21.1 Å². The Morgan fingerprint density at radius 2 is 1.79 bits per heavy atom. The van der Waals surface area contributed by atoms with E-state index in [4.69, 9.17) is 22.1 Å². The summed E-state index contributed by atoms with van der Waals surface area (Å²) in [4.78, 5) is 24.8. The molecule has 202 valence electrons. The smallest absolute Gasteiger partial charge is 0.391 e. The summed E-state index contributed by atoms with van der Waals surface area (Å²) in [6.07, 6.45) is 0.258. The Morgan fingerprint density at radius 1 is 1.11 bits per heavy atom. The normalized spacial score (nSPS) is 19.7. The maximum Gasteiger partial charge on any atom is 0.391 e. The number of benzene rings is 1. The molecule has 0 radical (unpaired) electrons. The van der Waals surface area contributed by atoms with E-state index >= 15 is 0 Å². The predicted octanol–water partition coefficient (Wildman–Crippen LogP) is 6.69. The Morgan fingerprint density at radius 3 is 2.42 bits per heavy atom. The molecule has 0 spiro atoms. The van der Waals surface area contributed by atoms with E-state index in [0.717, 1.165) is 5.56 Å². The molecule has 12 heteroatoms. The minimum absolute atomic E-state index is 0.0376. The van der Waals surface area contributed by atoms with Crippen LogP contribution in [0.25, 0.3) is 11.1 Å². The number of nitrogens with two attached hydrogens (primary N) is 1. The first-order chi connectivity index (χ1) is 18.0. The van der Waals surface area contributed by atoms with Gasteiger partial charge in [-0.3, -0.25) is 0 Å². The van der Waals surface area contributed by atoms with E-state index in [2.05, 4.69) is 25.6 Å². The lowest BCUT2D eigenvalue weighted by Gasteiger charge is -2.39. The number of ether oxygens (including phenoxy) is 1. The molecule has 0 bridgehead atoms. The first-order valence-corrected chi connectivity index (χ1v) is 12.5. The minimum atomic E-state index is -4.28. The monoisotopic (exact) mass is 548 g/mol. The molecule has 4 rings (SSSR count). The molecule has 2 aromatic heterocycles. The number of nitrogen functional groups attached to an aromatic ring is 1. The number of halogens is 4. The molecule has 0 saturated heterocycles. The zero-order chi connectivity index (χ0) is 27.4. The zero-order valence-corrected chi connectivity index (χ0v) is 21.6. The molecule has 1 aliphatic rings. The number of carbonyl (C=O) groups excluding carboxylic acids is 1. The van der Waals surface area contributed by atoms with Gasteiger partial charge in [0.05, 0.1) is 29.0 Å². The van der Waals surface area contributed by atoms with Gasteiger partial charge in [0.15, 0.2) is 0 Å². The number of anilines is 2. The highest BCUT2D eigenvalue weighted by atomic mass is 35.5. The number of carbonyl (C=O) groups is 1. The fourth-order valence-electron chi connectivity index (χ4n) is 4.71. The highest BCUT2D eigenvalue weighted by Crippen LogP contribution is 2.41. The number of aromatic nitrogens is 3. The maximum atomic E-state index is 13.3. The van der Waals surface area contributed by atoms with E-state index in [1.54, 1.807) is 30.3 Å². The molecule has 2 amide bonds. The van der Waals surface area contributed by atoms with Crippen molar-refractivity contribution < 1.29 is 22.7 Å². The minimum Gasteiger partial charge on any atom is -0.424 e. The average molecular weight is 549 g/mol. The van der Waals surface area contributed by atoms with E-state index in [0.29, 0.717) is 28.6 Å². The summed E-state index contributed by atoms with van der Waals surface area (Å²) >= 11 is 6.01. The Bertz CT molecular complexity index is 1260. The van der Waals surface area contributed by atoms with Crippen LogP contribution in [0.1, 0.15) is 33.1 Å². The van der Waals surface area contributed by atoms with Crippen LogP contribution in [-0.4, -0.2) is 33.2 Å². The first-order valence-electron chi connectivity index (χ1n) is 12.1. The molecule has 1 aliphatic carbocycles. The van der Waals surface area contributed by atoms with Crippen molar-refractivity contribution in [1.29, 1.82) is 0 Å². The number of amides is 2. The second-order valence-corrected chi connectivity index (χ2v) is 10.1. The van der Waals surface area contributed by atoms with E-state index in [1.165, 1.54) is 18.6 Å². The molecule has 1 aromatic carbocycles. The Labute approximate surface area is 223 Å². The number of hydrogen-bond donors (Lipinski definition) is 3. The second kappa shape index (κ2) is 11.4. The number of urea groups is 1. The third-order valence-electron chi connectivity index (χ3n) is 6.69. The Balaban J connectivity index is 1.35. The lowest BCUT2D eigenvalue weighted by molar-refractivity contribution is -0.187. The molecular formula is C26H28ClF3N6O2. The summed E-state index contributed by atoms with van der Waals surface area (Å²) in [5, 5.41) is 5.78. The maximum absolute atomic E-state index is 13.3. The van der Waals surface area contributed by atoms with Crippen molar-refractivity contribution in [2.75, 3.05) is 11.1 Å². The summed E-state index contributed by atoms with van der Waals surface area (Å²) in [5.74, 6) is -0.498. The van der Waals surface area contributed by atoms with Crippen LogP contribution in [0.15, 0.2) is 48.9 Å². The topological polar surface area (TPSA) is 115 Å². The standard InChI is InChI=1S/C26H28ClF3N6O2/c1-14(2)20-8-5-16(26(28,29)30)9-22(20)36-24(37)35-18-12-33-25(34-13-18)38-19-6-3-15(4-7-19)21-10-17(27)11-32-23(21)31/h3-4,6-7,10-14,16,20,22H,5,8-9H2,1-2H3,(H2,31,32)(H2,35,36,37)/t16?,20-,22+/m1/s1. The molecule has 3 aromatic rings. The molecule has 4 N–H and O–H groups in total. The molecule has 0 aliphatic heterocycles. The average Bonchev–Trinajstić information content (AvgIpc) is 2.86. The van der Waals surface area contributed by atoms with Crippen molar-refractivity contribution in [1.82, 2.24) is 20.3 Å². The lowest BCUT2D eigenvalue weighted by atomic mass is 9.73. The summed E-state index contributed by atoms with van der Waals surface area (Å²) in [5.41, 5.74) is 7.69. The SMILES string of the molecule is CC(C)[C@H]1CCC(C(F)(F)F)C[C@@H]1NC(=O)Nc1cnc(Oc2ccc(-c3cc(Cl)cnc3N)cc2)nc1. The van der Waals surface area contributed by atoms with Crippen LogP contribution in [0.3, 0.4) is 0 Å². The Kier molecular flexibility index (Phi) is 8.25. The number of alkyl halides is 3. The summed E-state index contributed by atoms with van der Waals surface area (Å²) in [6.45, 7) is 3.91. The van der Waals surface area contributed by atoms with Crippen molar-refractivity contribution in [2.24, 2.45) is 17.8 Å². The van der Waals surface area contributed by atoms with E-state index < -0.39 is 24.2 Å². The van der Waals surface area contributed by atoms with Gasteiger partial charge in [-0.15, -0.1) is 0 Å². The van der Waals surface area contributed by atoms with Gasteiger partial charge in [0.1, 0.15) is 11.6 Å². The summed E-state index contributed by atoms with van der Waals surface area (Å²) < 4.78 is 45.5. The third-order valence-corrected chi connectivity index (χ3v) is 6.89. The Hall–Kier alpha value is -3.60. The third kappa shape index (κ3) is 6.83. The van der Waals surface area contributed by atoms with Crippen molar-refractivity contribution in [3.8, 4) is 22.9 Å². The van der Waals surface area contributed by atoms with Crippen LogP contribution in [0, 0.1) is 17.8 Å². The van der Waals surface area contributed by atoms with E-state index in [9.17, 15) is 18.0 Å². The van der Waals surface area contributed by atoms with Crippen molar-refractivity contribution in [3.63, 3.8) is 0 Å². The summed E-state index contributed by atoms with van der Waals surface area (Å²) in [7, 11) is 0. The summed E-state index contributed by atoms with van der Waals surface area (Å²) in [6, 6.07) is 7.58. The number of nitrogens with one attached hydrogen (secondary N) is 2. The number of rotatable bonds is 6. The zero-order valence-electron chi connectivity index (χ0n) is 20.8. The van der Waals surface area contributed by atoms with Crippen molar-refractivity contribution >= 4 is 29.1 Å². The highest BCUT2D eigenvalue weighted by molar-refractivity contribution is 6.30. The van der Waals surface area contributed by atoms with Gasteiger partial charge in [-0.25, -0.2) is 19.7 Å². The van der Waals surface area contributed by atoms with Gasteiger partial charge >= 0.3 is 18.2 Å². The fraction of sp³-hybridized carbons (Fsp3) is 0.385. The van der Waals surface area contributed by atoms with Crippen LogP contribution in [0.5, 0.6) is 11.8 Å². The van der Waals surface area contributed by atoms with Crippen LogP contribution < -0.4 is 21.1 Å². The van der Waals surface area contributed by atoms with Gasteiger partial charge in [0.25, 0.3) is 0 Å². The molecule has 8 nitrogen and oxygen atoms in total. The van der Waals surface area contributed by atoms with Crippen LogP contribution >= 0.6 is 11.6 Å².